The van der Waals surface area contributed by atoms with Crippen LogP contribution in [0.1, 0.15) is 15.9 Å². The Morgan fingerprint density at radius 1 is 1.47 bits per heavy atom. The van der Waals surface area contributed by atoms with E-state index in [-0.39, 0.29) is 5.97 Å². The van der Waals surface area contributed by atoms with Crippen LogP contribution in [0.25, 0.3) is 10.9 Å². The summed E-state index contributed by atoms with van der Waals surface area (Å²) >= 11 is 0. The normalized spacial score (nSPS) is 10.6. The lowest BCUT2D eigenvalue weighted by Gasteiger charge is -2.03. The molecule has 0 fully saturated rings. The molecule has 4 nitrogen and oxygen atoms in total. The molecule has 1 aromatic carbocycles. The van der Waals surface area contributed by atoms with E-state index >= 15 is 0 Å². The molecule has 0 amide bonds. The van der Waals surface area contributed by atoms with E-state index in [4.69, 9.17) is 0 Å². The van der Waals surface area contributed by atoms with Crippen molar-refractivity contribution in [2.45, 2.75) is 6.92 Å². The highest BCUT2D eigenvalue weighted by atomic mass is 16.5. The van der Waals surface area contributed by atoms with Crippen molar-refractivity contribution < 1.29 is 9.53 Å². The number of ether oxygens (including phenoxy) is 1. The first-order chi connectivity index (χ1) is 7.13. The van der Waals surface area contributed by atoms with Gasteiger partial charge in [0.05, 0.1) is 24.4 Å². The van der Waals surface area contributed by atoms with Crippen molar-refractivity contribution in [1.29, 1.82) is 0 Å². The zero-order valence-electron chi connectivity index (χ0n) is 8.94. The highest BCUT2D eigenvalue weighted by Crippen LogP contribution is 2.20. The summed E-state index contributed by atoms with van der Waals surface area (Å²) in [5, 5.41) is 5.10. The van der Waals surface area contributed by atoms with Gasteiger partial charge in [-0.05, 0) is 24.6 Å². The van der Waals surface area contributed by atoms with E-state index in [9.17, 15) is 4.79 Å². The summed E-state index contributed by atoms with van der Waals surface area (Å²) in [4.78, 5) is 11.4. The second-order valence-electron chi connectivity index (χ2n) is 3.49. The standard InChI is InChI=1S/C11H12N2O2/c1-7-4-8(11(14)15-3)5-9-6-12-13(2)10(7)9/h4-6H,1-3H3. The Morgan fingerprint density at radius 3 is 2.87 bits per heavy atom. The summed E-state index contributed by atoms with van der Waals surface area (Å²) in [6.45, 7) is 1.95. The number of esters is 1. The van der Waals surface area contributed by atoms with E-state index < -0.39 is 0 Å². The summed E-state index contributed by atoms with van der Waals surface area (Å²) < 4.78 is 6.48. The van der Waals surface area contributed by atoms with Gasteiger partial charge in [0.15, 0.2) is 0 Å². The van der Waals surface area contributed by atoms with E-state index in [1.807, 2.05) is 20.0 Å². The molecule has 0 N–H and O–H groups in total. The highest BCUT2D eigenvalue weighted by Gasteiger charge is 2.10. The van der Waals surface area contributed by atoms with Crippen molar-refractivity contribution in [3.8, 4) is 0 Å². The van der Waals surface area contributed by atoms with Crippen LogP contribution >= 0.6 is 0 Å². The van der Waals surface area contributed by atoms with Crippen molar-refractivity contribution in [2.75, 3.05) is 7.11 Å². The minimum absolute atomic E-state index is 0.316. The Bertz CT molecular complexity index is 529. The zero-order valence-corrected chi connectivity index (χ0v) is 8.94. The third kappa shape index (κ3) is 1.48. The molecule has 0 aliphatic carbocycles. The Labute approximate surface area is 87.5 Å². The second-order valence-corrected chi connectivity index (χ2v) is 3.49. The molecular weight excluding hydrogens is 192 g/mol. The minimum Gasteiger partial charge on any atom is -0.465 e. The molecule has 1 heterocycles. The number of hydrogen-bond donors (Lipinski definition) is 0. The molecule has 0 aliphatic rings. The number of methoxy groups -OCH3 is 1. The van der Waals surface area contributed by atoms with Gasteiger partial charge < -0.3 is 4.74 Å². The van der Waals surface area contributed by atoms with E-state index in [1.165, 1.54) is 7.11 Å². The van der Waals surface area contributed by atoms with Crippen LogP contribution in [0, 0.1) is 6.92 Å². The first kappa shape index (κ1) is 9.71. The highest BCUT2D eigenvalue weighted by molar-refractivity contribution is 5.95. The lowest BCUT2D eigenvalue weighted by atomic mass is 10.1. The maximum Gasteiger partial charge on any atom is 0.337 e. The van der Waals surface area contributed by atoms with Crippen LogP contribution in [-0.2, 0) is 11.8 Å². The molecule has 0 spiro atoms. The third-order valence-corrected chi connectivity index (χ3v) is 2.44. The van der Waals surface area contributed by atoms with Gasteiger partial charge in [-0.15, -0.1) is 0 Å². The topological polar surface area (TPSA) is 44.1 Å². The fourth-order valence-electron chi connectivity index (χ4n) is 1.79. The maximum atomic E-state index is 11.4. The molecule has 0 unspecified atom stereocenters. The number of carbonyl (C=O) groups excluding carboxylic acids is 1. The van der Waals surface area contributed by atoms with Gasteiger partial charge >= 0.3 is 5.97 Å². The second kappa shape index (κ2) is 3.38. The molecule has 0 saturated carbocycles. The average Bonchev–Trinajstić information content (AvgIpc) is 2.59. The number of aryl methyl sites for hydroxylation is 2. The van der Waals surface area contributed by atoms with Crippen molar-refractivity contribution >= 4 is 16.9 Å². The maximum absolute atomic E-state index is 11.4. The van der Waals surface area contributed by atoms with Gasteiger partial charge in [0.2, 0.25) is 0 Å². The fourth-order valence-corrected chi connectivity index (χ4v) is 1.79. The van der Waals surface area contributed by atoms with E-state index in [0.717, 1.165) is 16.5 Å². The molecule has 4 heteroatoms. The summed E-state index contributed by atoms with van der Waals surface area (Å²) in [5.74, 6) is -0.316. The summed E-state index contributed by atoms with van der Waals surface area (Å²) in [6.07, 6.45) is 1.74. The molecule has 0 radical (unpaired) electrons. The number of rotatable bonds is 1. The summed E-state index contributed by atoms with van der Waals surface area (Å²) in [5.41, 5.74) is 2.63. The first-order valence-electron chi connectivity index (χ1n) is 4.64. The molecule has 15 heavy (non-hydrogen) atoms. The molecule has 2 rings (SSSR count). The first-order valence-corrected chi connectivity index (χ1v) is 4.64. The van der Waals surface area contributed by atoms with E-state index in [0.29, 0.717) is 5.56 Å². The number of benzene rings is 1. The number of hydrogen-bond acceptors (Lipinski definition) is 3. The van der Waals surface area contributed by atoms with Gasteiger partial charge in [-0.3, -0.25) is 4.68 Å². The van der Waals surface area contributed by atoms with Crippen LogP contribution in [0.4, 0.5) is 0 Å². The lowest BCUT2D eigenvalue weighted by molar-refractivity contribution is 0.0601. The number of carbonyl (C=O) groups is 1. The van der Waals surface area contributed by atoms with Crippen LogP contribution in [0.3, 0.4) is 0 Å². The Kier molecular flexibility index (Phi) is 2.19. The Balaban J connectivity index is 2.68. The number of nitrogens with zero attached hydrogens (tertiary/aromatic N) is 2. The molecule has 0 bridgehead atoms. The molecular formula is C11H12N2O2. The van der Waals surface area contributed by atoms with Gasteiger partial charge in [-0.1, -0.05) is 0 Å². The van der Waals surface area contributed by atoms with Crippen LogP contribution in [0.5, 0.6) is 0 Å². The van der Waals surface area contributed by atoms with Crippen molar-refractivity contribution in [3.05, 3.63) is 29.5 Å². The van der Waals surface area contributed by atoms with Gasteiger partial charge in [0.25, 0.3) is 0 Å². The minimum atomic E-state index is -0.316. The average molecular weight is 204 g/mol. The van der Waals surface area contributed by atoms with Crippen molar-refractivity contribution in [2.24, 2.45) is 7.05 Å². The van der Waals surface area contributed by atoms with Crippen LogP contribution in [0.2, 0.25) is 0 Å². The number of fused-ring (bicyclic) bond motifs is 1. The van der Waals surface area contributed by atoms with Crippen LogP contribution in [0.15, 0.2) is 18.3 Å². The van der Waals surface area contributed by atoms with E-state index in [1.54, 1.807) is 16.9 Å². The largest absolute Gasteiger partial charge is 0.465 e. The zero-order chi connectivity index (χ0) is 11.0. The Hall–Kier alpha value is -1.84. The lowest BCUT2D eigenvalue weighted by Crippen LogP contribution is -2.02. The molecule has 2 aromatic rings. The third-order valence-electron chi connectivity index (χ3n) is 2.44. The predicted octanol–water partition coefficient (Wildman–Crippen LogP) is 1.67. The predicted molar refractivity (Wildman–Crippen MR) is 56.8 cm³/mol. The quantitative estimate of drug-likeness (QED) is 0.664. The van der Waals surface area contributed by atoms with Gasteiger partial charge in [-0.25, -0.2) is 4.79 Å². The molecule has 0 saturated heterocycles. The van der Waals surface area contributed by atoms with Gasteiger partial charge in [0.1, 0.15) is 0 Å². The van der Waals surface area contributed by atoms with E-state index in [2.05, 4.69) is 9.84 Å². The molecule has 0 aliphatic heterocycles. The smallest absolute Gasteiger partial charge is 0.337 e. The van der Waals surface area contributed by atoms with Gasteiger partial charge in [-0.2, -0.15) is 5.10 Å². The summed E-state index contributed by atoms with van der Waals surface area (Å²) in [6, 6.07) is 3.61. The van der Waals surface area contributed by atoms with Crippen molar-refractivity contribution in [1.82, 2.24) is 9.78 Å². The van der Waals surface area contributed by atoms with Gasteiger partial charge in [0, 0.05) is 12.4 Å². The van der Waals surface area contributed by atoms with Crippen LogP contribution in [-0.4, -0.2) is 22.9 Å². The monoisotopic (exact) mass is 204 g/mol. The van der Waals surface area contributed by atoms with Crippen LogP contribution < -0.4 is 0 Å². The SMILES string of the molecule is COC(=O)c1cc(C)c2c(cnn2C)c1. The fraction of sp³-hybridized carbons (Fsp3) is 0.273. The number of aromatic nitrogens is 2. The molecule has 0 atom stereocenters. The Morgan fingerprint density at radius 2 is 2.20 bits per heavy atom. The molecule has 78 valence electrons. The summed E-state index contributed by atoms with van der Waals surface area (Å²) in [7, 11) is 3.26. The molecule has 1 aromatic heterocycles. The van der Waals surface area contributed by atoms with Crippen molar-refractivity contribution in [3.63, 3.8) is 0 Å².